The highest BCUT2D eigenvalue weighted by atomic mass is 35.5. The summed E-state index contributed by atoms with van der Waals surface area (Å²) in [5.41, 5.74) is 1.02. The molecular weight excluding hydrogens is 376 g/mol. The Morgan fingerprint density at radius 1 is 1.23 bits per heavy atom. The van der Waals surface area contributed by atoms with Crippen molar-refractivity contribution >= 4 is 39.3 Å². The predicted octanol–water partition coefficient (Wildman–Crippen LogP) is 3.78. The molecule has 0 fully saturated rings. The highest BCUT2D eigenvalue weighted by Gasteiger charge is 2.15. The van der Waals surface area contributed by atoms with Crippen LogP contribution in [-0.4, -0.2) is 30.6 Å². The van der Waals surface area contributed by atoms with Crippen molar-refractivity contribution in [2.45, 2.75) is 24.8 Å². The number of carbonyl (C=O) groups is 1. The third-order valence-electron chi connectivity index (χ3n) is 3.54. The Balaban J connectivity index is 2.19. The third kappa shape index (κ3) is 5.32. The summed E-state index contributed by atoms with van der Waals surface area (Å²) < 4.78 is 27.5. The molecule has 1 atom stereocenters. The minimum Gasteiger partial charge on any atom is -0.285 e. The van der Waals surface area contributed by atoms with Crippen molar-refractivity contribution in [3.63, 3.8) is 0 Å². The quantitative estimate of drug-likeness (QED) is 0.576. The topological polar surface area (TPSA) is 86.7 Å². The van der Waals surface area contributed by atoms with Gasteiger partial charge in [-0.15, -0.1) is 0 Å². The molecule has 26 heavy (non-hydrogen) atoms. The fraction of sp³-hybridized carbons (Fsp3) is 0.167. The van der Waals surface area contributed by atoms with Crippen LogP contribution in [0.4, 0.5) is 5.69 Å². The number of carbonyl (C=O) groups excluding carboxylic acids is 1. The maximum absolute atomic E-state index is 12.5. The van der Waals surface area contributed by atoms with E-state index in [1.165, 1.54) is 19.1 Å². The van der Waals surface area contributed by atoms with E-state index in [-0.39, 0.29) is 4.90 Å². The van der Waals surface area contributed by atoms with Gasteiger partial charge in [0.05, 0.1) is 10.9 Å². The van der Waals surface area contributed by atoms with Crippen LogP contribution in [-0.2, 0) is 14.8 Å². The molecule has 2 rings (SSSR count). The summed E-state index contributed by atoms with van der Waals surface area (Å²) in [5, 5.41) is 10.7. The molecule has 8 heteroatoms. The predicted molar refractivity (Wildman–Crippen MR) is 102 cm³/mol. The first-order valence-electron chi connectivity index (χ1n) is 7.74. The third-order valence-corrected chi connectivity index (χ3v) is 5.17. The van der Waals surface area contributed by atoms with Gasteiger partial charge in [0, 0.05) is 17.6 Å². The number of benzene rings is 2. The first kappa shape index (κ1) is 20.0. The molecule has 0 aliphatic rings. The molecule has 6 nitrogen and oxygen atoms in total. The zero-order valence-electron chi connectivity index (χ0n) is 14.3. The number of sulfonamides is 1. The lowest BCUT2D eigenvalue weighted by Crippen LogP contribution is -2.32. The zero-order valence-corrected chi connectivity index (χ0v) is 15.8. The molecule has 2 aromatic rings. The number of nitrogens with zero attached hydrogens (tertiary/aromatic N) is 1. The minimum absolute atomic E-state index is 0.0923. The molecule has 0 spiro atoms. The molecule has 138 valence electrons. The van der Waals surface area contributed by atoms with Crippen molar-refractivity contribution in [2.75, 3.05) is 4.72 Å². The first-order valence-corrected chi connectivity index (χ1v) is 9.60. The number of nitrogens with one attached hydrogen (secondary N) is 1. The van der Waals surface area contributed by atoms with Gasteiger partial charge in [0.25, 0.3) is 10.0 Å². The summed E-state index contributed by atoms with van der Waals surface area (Å²) >= 11 is 5.80. The second kappa shape index (κ2) is 8.35. The van der Waals surface area contributed by atoms with Gasteiger partial charge in [-0.05, 0) is 48.9 Å². The van der Waals surface area contributed by atoms with Crippen LogP contribution in [0.3, 0.4) is 0 Å². The van der Waals surface area contributed by atoms with Gasteiger partial charge in [-0.25, -0.2) is 13.5 Å². The SMILES string of the molecule is CC(=O)N(O)C(C)/C=C/c1cccc(S(=O)(=O)Nc2ccc(Cl)cc2)c1. The number of rotatable bonds is 6. The van der Waals surface area contributed by atoms with Crippen LogP contribution < -0.4 is 4.72 Å². The Hall–Kier alpha value is -2.35. The van der Waals surface area contributed by atoms with Gasteiger partial charge >= 0.3 is 0 Å². The Morgan fingerprint density at radius 3 is 2.50 bits per heavy atom. The molecule has 2 N–H and O–H groups in total. The molecular formula is C18H19ClN2O4S. The number of anilines is 1. The molecule has 0 saturated heterocycles. The van der Waals surface area contributed by atoms with Crippen LogP contribution in [0.2, 0.25) is 5.02 Å². The number of hydrogen-bond acceptors (Lipinski definition) is 4. The van der Waals surface area contributed by atoms with Gasteiger partial charge in [-0.2, -0.15) is 0 Å². The van der Waals surface area contributed by atoms with Gasteiger partial charge in [-0.3, -0.25) is 14.7 Å². The summed E-state index contributed by atoms with van der Waals surface area (Å²) in [6, 6.07) is 12.1. The van der Waals surface area contributed by atoms with E-state index in [4.69, 9.17) is 11.6 Å². The second-order valence-corrected chi connectivity index (χ2v) is 7.77. The lowest BCUT2D eigenvalue weighted by Gasteiger charge is -2.17. The zero-order chi connectivity index (χ0) is 19.3. The average Bonchev–Trinajstić information content (AvgIpc) is 2.61. The largest absolute Gasteiger partial charge is 0.285 e. The molecule has 2 aromatic carbocycles. The number of hydroxylamine groups is 2. The lowest BCUT2D eigenvalue weighted by molar-refractivity contribution is -0.167. The van der Waals surface area contributed by atoms with Crippen LogP contribution in [0.1, 0.15) is 19.4 Å². The second-order valence-electron chi connectivity index (χ2n) is 5.65. The van der Waals surface area contributed by atoms with Crippen molar-refractivity contribution in [1.82, 2.24) is 5.06 Å². The smallest absolute Gasteiger partial charge is 0.261 e. The Morgan fingerprint density at radius 2 is 1.88 bits per heavy atom. The monoisotopic (exact) mass is 394 g/mol. The molecule has 0 aliphatic heterocycles. The summed E-state index contributed by atoms with van der Waals surface area (Å²) in [5.74, 6) is -0.481. The van der Waals surface area contributed by atoms with E-state index in [0.29, 0.717) is 21.3 Å². The fourth-order valence-corrected chi connectivity index (χ4v) is 3.38. The van der Waals surface area contributed by atoms with Gasteiger partial charge < -0.3 is 0 Å². The van der Waals surface area contributed by atoms with E-state index in [1.807, 2.05) is 0 Å². The van der Waals surface area contributed by atoms with E-state index >= 15 is 0 Å². The van der Waals surface area contributed by atoms with Crippen molar-refractivity contribution in [2.24, 2.45) is 0 Å². The Kier molecular flexibility index (Phi) is 6.42. The van der Waals surface area contributed by atoms with E-state index in [2.05, 4.69) is 4.72 Å². The lowest BCUT2D eigenvalue weighted by atomic mass is 10.2. The highest BCUT2D eigenvalue weighted by Crippen LogP contribution is 2.19. The maximum Gasteiger partial charge on any atom is 0.261 e. The maximum atomic E-state index is 12.5. The number of halogens is 1. The summed E-state index contributed by atoms with van der Waals surface area (Å²) in [4.78, 5) is 11.2. The van der Waals surface area contributed by atoms with Gasteiger partial charge in [0.2, 0.25) is 5.91 Å². The van der Waals surface area contributed by atoms with E-state index in [9.17, 15) is 18.4 Å². The van der Waals surface area contributed by atoms with Crippen molar-refractivity contribution in [3.05, 3.63) is 65.2 Å². The molecule has 1 amide bonds. The Bertz CT molecular complexity index is 911. The van der Waals surface area contributed by atoms with Gasteiger partial charge in [0.1, 0.15) is 0 Å². The minimum atomic E-state index is -3.76. The molecule has 0 aromatic heterocycles. The summed E-state index contributed by atoms with van der Waals surface area (Å²) in [6.07, 6.45) is 3.23. The van der Waals surface area contributed by atoms with E-state index in [0.717, 1.165) is 0 Å². The highest BCUT2D eigenvalue weighted by molar-refractivity contribution is 7.92. The Labute approximate surface area is 157 Å². The van der Waals surface area contributed by atoms with Crippen molar-refractivity contribution in [1.29, 1.82) is 0 Å². The van der Waals surface area contributed by atoms with Crippen LogP contribution >= 0.6 is 11.6 Å². The van der Waals surface area contributed by atoms with Gasteiger partial charge in [0.15, 0.2) is 0 Å². The first-order chi connectivity index (χ1) is 12.2. The van der Waals surface area contributed by atoms with Crippen molar-refractivity contribution in [3.8, 4) is 0 Å². The standard InChI is InChI=1S/C18H19ClN2O4S/c1-13(21(23)14(2)22)6-7-15-4-3-5-18(12-15)26(24,25)20-17-10-8-16(19)9-11-17/h3-13,20,23H,1-2H3/b7-6+. The van der Waals surface area contributed by atoms with Crippen LogP contribution in [0.25, 0.3) is 6.08 Å². The molecule has 0 radical (unpaired) electrons. The van der Waals surface area contributed by atoms with Crippen LogP contribution in [0, 0.1) is 0 Å². The van der Waals surface area contributed by atoms with Gasteiger partial charge in [-0.1, -0.05) is 35.9 Å². The molecule has 0 aliphatic carbocycles. The molecule has 1 unspecified atom stereocenters. The normalized spacial score (nSPS) is 12.8. The molecule has 0 bridgehead atoms. The summed E-state index contributed by atoms with van der Waals surface area (Å²) in [7, 11) is -3.76. The number of amides is 1. The van der Waals surface area contributed by atoms with Crippen molar-refractivity contribution < 1.29 is 18.4 Å². The molecule has 0 saturated carbocycles. The number of hydrogen-bond donors (Lipinski definition) is 2. The van der Waals surface area contributed by atoms with Crippen LogP contribution in [0.15, 0.2) is 59.5 Å². The van der Waals surface area contributed by atoms with E-state index < -0.39 is 22.0 Å². The summed E-state index contributed by atoms with van der Waals surface area (Å²) in [6.45, 7) is 2.89. The average molecular weight is 395 g/mol. The van der Waals surface area contributed by atoms with Crippen LogP contribution in [0.5, 0.6) is 0 Å². The molecule has 0 heterocycles. The fourth-order valence-electron chi connectivity index (χ4n) is 2.14. The van der Waals surface area contributed by atoms with E-state index in [1.54, 1.807) is 55.5 Å².